The van der Waals surface area contributed by atoms with E-state index >= 15 is 0 Å². The van der Waals surface area contributed by atoms with Crippen molar-refractivity contribution < 1.29 is 9.18 Å². The molecule has 0 aromatic heterocycles. The Morgan fingerprint density at radius 2 is 1.87 bits per heavy atom. The summed E-state index contributed by atoms with van der Waals surface area (Å²) in [6.07, 6.45) is 0. The highest BCUT2D eigenvalue weighted by molar-refractivity contribution is 7.98. The van der Waals surface area contributed by atoms with Crippen LogP contribution < -0.4 is 10.6 Å². The Morgan fingerprint density at radius 1 is 1.13 bits per heavy atom. The Labute approximate surface area is 140 Å². The number of nitrogens with one attached hydrogen (secondary N) is 2. The molecule has 0 radical (unpaired) electrons. The Bertz CT molecular complexity index is 631. The van der Waals surface area contributed by atoms with E-state index in [-0.39, 0.29) is 11.7 Å². The predicted molar refractivity (Wildman–Crippen MR) is 95.0 cm³/mol. The molecule has 2 N–H and O–H groups in total. The third kappa shape index (κ3) is 6.42. The fourth-order valence-electron chi connectivity index (χ4n) is 2.08. The first-order valence-electron chi connectivity index (χ1n) is 7.53. The van der Waals surface area contributed by atoms with Crippen LogP contribution in [-0.4, -0.2) is 18.2 Å². The number of carbonyl (C=O) groups is 1. The van der Waals surface area contributed by atoms with Crippen molar-refractivity contribution in [2.24, 2.45) is 0 Å². The van der Waals surface area contributed by atoms with Crippen LogP contribution in [0.3, 0.4) is 0 Å². The van der Waals surface area contributed by atoms with Gasteiger partial charge in [-0.3, -0.25) is 4.79 Å². The maximum atomic E-state index is 13.4. The van der Waals surface area contributed by atoms with E-state index in [4.69, 9.17) is 0 Å². The van der Waals surface area contributed by atoms with Crippen LogP contribution in [0.25, 0.3) is 0 Å². The Kier molecular flexibility index (Phi) is 7.10. The topological polar surface area (TPSA) is 41.1 Å². The summed E-state index contributed by atoms with van der Waals surface area (Å²) in [5.41, 5.74) is 2.73. The molecule has 2 aromatic carbocycles. The van der Waals surface area contributed by atoms with Gasteiger partial charge in [-0.1, -0.05) is 30.3 Å². The molecular weight excluding hydrogens is 311 g/mol. The molecule has 2 rings (SSSR count). The summed E-state index contributed by atoms with van der Waals surface area (Å²) < 4.78 is 13.4. The van der Waals surface area contributed by atoms with Crippen molar-refractivity contribution >= 4 is 23.4 Å². The average Bonchev–Trinajstić information content (AvgIpc) is 2.53. The highest BCUT2D eigenvalue weighted by atomic mass is 32.2. The smallest absolute Gasteiger partial charge is 0.221 e. The maximum Gasteiger partial charge on any atom is 0.221 e. The molecule has 0 atom stereocenters. The molecule has 0 fully saturated rings. The Balaban J connectivity index is 1.62. The molecule has 0 saturated carbocycles. The summed E-state index contributed by atoms with van der Waals surface area (Å²) in [7, 11) is 0. The van der Waals surface area contributed by atoms with Gasteiger partial charge in [0, 0.05) is 37.2 Å². The van der Waals surface area contributed by atoms with Gasteiger partial charge in [-0.25, -0.2) is 4.39 Å². The van der Waals surface area contributed by atoms with E-state index in [1.807, 2.05) is 36.4 Å². The lowest BCUT2D eigenvalue weighted by Crippen LogP contribution is -2.16. The van der Waals surface area contributed by atoms with Crippen molar-refractivity contribution in [3.8, 4) is 0 Å². The van der Waals surface area contributed by atoms with E-state index in [2.05, 4.69) is 10.6 Å². The summed E-state index contributed by atoms with van der Waals surface area (Å²) in [6, 6.07) is 14.7. The molecule has 0 aliphatic rings. The normalized spacial score (nSPS) is 10.5. The number of rotatable bonds is 8. The van der Waals surface area contributed by atoms with Crippen molar-refractivity contribution in [3.05, 3.63) is 65.5 Å². The molecule has 122 valence electrons. The minimum atomic E-state index is -0.132. The first-order valence-corrected chi connectivity index (χ1v) is 8.69. The molecule has 0 spiro atoms. The molecule has 0 aliphatic heterocycles. The first-order chi connectivity index (χ1) is 11.1. The fourth-order valence-corrected chi connectivity index (χ4v) is 2.97. The number of hydrogen-bond donors (Lipinski definition) is 2. The second-order valence-electron chi connectivity index (χ2n) is 5.20. The molecule has 3 nitrogen and oxygen atoms in total. The monoisotopic (exact) mass is 332 g/mol. The Morgan fingerprint density at radius 3 is 2.57 bits per heavy atom. The van der Waals surface area contributed by atoms with Crippen LogP contribution >= 0.6 is 11.8 Å². The third-order valence-electron chi connectivity index (χ3n) is 3.24. The zero-order valence-electron chi connectivity index (χ0n) is 13.1. The first kappa shape index (κ1) is 17.5. The van der Waals surface area contributed by atoms with Gasteiger partial charge in [0.15, 0.2) is 0 Å². The lowest BCUT2D eigenvalue weighted by atomic mass is 10.2. The largest absolute Gasteiger partial charge is 0.326 e. The van der Waals surface area contributed by atoms with Crippen LogP contribution in [-0.2, 0) is 17.1 Å². The van der Waals surface area contributed by atoms with Crippen LogP contribution in [0.1, 0.15) is 18.1 Å². The highest BCUT2D eigenvalue weighted by Crippen LogP contribution is 2.15. The SMILES string of the molecule is CC(=O)Nc1ccc(CNCCSCc2ccccc2F)cc1. The van der Waals surface area contributed by atoms with Crippen LogP contribution in [0.15, 0.2) is 48.5 Å². The van der Waals surface area contributed by atoms with Crippen molar-refractivity contribution in [1.29, 1.82) is 0 Å². The molecule has 5 heteroatoms. The van der Waals surface area contributed by atoms with Gasteiger partial charge in [-0.05, 0) is 29.3 Å². The summed E-state index contributed by atoms with van der Waals surface area (Å²) >= 11 is 1.71. The van der Waals surface area contributed by atoms with Gasteiger partial charge in [0.25, 0.3) is 0 Å². The summed E-state index contributed by atoms with van der Waals surface area (Å²) in [6.45, 7) is 3.14. The standard InChI is InChI=1S/C18H21FN2OS/c1-14(22)21-17-8-6-15(7-9-17)12-20-10-11-23-13-16-4-2-3-5-18(16)19/h2-9,20H,10-13H2,1H3,(H,21,22). The number of carbonyl (C=O) groups excluding carboxylic acids is 1. The number of amides is 1. The zero-order chi connectivity index (χ0) is 16.5. The maximum absolute atomic E-state index is 13.4. The number of halogens is 1. The van der Waals surface area contributed by atoms with Gasteiger partial charge in [0.1, 0.15) is 5.82 Å². The second-order valence-corrected chi connectivity index (χ2v) is 6.30. The lowest BCUT2D eigenvalue weighted by Gasteiger charge is -2.07. The van der Waals surface area contributed by atoms with Gasteiger partial charge in [0.2, 0.25) is 5.91 Å². The van der Waals surface area contributed by atoms with Crippen molar-refractivity contribution in [2.45, 2.75) is 19.2 Å². The van der Waals surface area contributed by atoms with Gasteiger partial charge < -0.3 is 10.6 Å². The fraction of sp³-hybridized carbons (Fsp3) is 0.278. The van der Waals surface area contributed by atoms with E-state index < -0.39 is 0 Å². The molecule has 0 unspecified atom stereocenters. The molecule has 0 heterocycles. The zero-order valence-corrected chi connectivity index (χ0v) is 14.0. The van der Waals surface area contributed by atoms with Crippen molar-refractivity contribution in [3.63, 3.8) is 0 Å². The quantitative estimate of drug-likeness (QED) is 0.722. The van der Waals surface area contributed by atoms with E-state index in [1.165, 1.54) is 18.6 Å². The number of benzene rings is 2. The number of thioether (sulfide) groups is 1. The van der Waals surface area contributed by atoms with E-state index in [1.54, 1.807) is 17.8 Å². The Hall–Kier alpha value is -1.85. The summed E-state index contributed by atoms with van der Waals surface area (Å²) in [5.74, 6) is 1.42. The molecular formula is C18H21FN2OS. The van der Waals surface area contributed by atoms with Gasteiger partial charge >= 0.3 is 0 Å². The predicted octanol–water partition coefficient (Wildman–Crippen LogP) is 3.81. The summed E-state index contributed by atoms with van der Waals surface area (Å²) in [5, 5.41) is 6.10. The minimum Gasteiger partial charge on any atom is -0.326 e. The molecule has 0 aliphatic carbocycles. The van der Waals surface area contributed by atoms with Crippen LogP contribution in [0, 0.1) is 5.82 Å². The van der Waals surface area contributed by atoms with Crippen LogP contribution in [0.4, 0.5) is 10.1 Å². The van der Waals surface area contributed by atoms with Crippen molar-refractivity contribution in [1.82, 2.24) is 5.32 Å². The van der Waals surface area contributed by atoms with E-state index in [9.17, 15) is 9.18 Å². The highest BCUT2D eigenvalue weighted by Gasteiger charge is 2.00. The number of hydrogen-bond acceptors (Lipinski definition) is 3. The second kappa shape index (κ2) is 9.33. The van der Waals surface area contributed by atoms with Gasteiger partial charge in [0.05, 0.1) is 0 Å². The summed E-state index contributed by atoms with van der Waals surface area (Å²) in [4.78, 5) is 10.9. The van der Waals surface area contributed by atoms with Gasteiger partial charge in [-0.2, -0.15) is 11.8 Å². The molecule has 23 heavy (non-hydrogen) atoms. The van der Waals surface area contributed by atoms with Gasteiger partial charge in [-0.15, -0.1) is 0 Å². The third-order valence-corrected chi connectivity index (χ3v) is 4.25. The average molecular weight is 332 g/mol. The van der Waals surface area contributed by atoms with E-state index in [0.717, 1.165) is 30.1 Å². The van der Waals surface area contributed by atoms with Crippen LogP contribution in [0.2, 0.25) is 0 Å². The molecule has 0 saturated heterocycles. The minimum absolute atomic E-state index is 0.0669. The van der Waals surface area contributed by atoms with Crippen LogP contribution in [0.5, 0.6) is 0 Å². The number of anilines is 1. The van der Waals surface area contributed by atoms with E-state index in [0.29, 0.717) is 5.75 Å². The molecule has 2 aromatic rings. The molecule has 0 bridgehead atoms. The lowest BCUT2D eigenvalue weighted by molar-refractivity contribution is -0.114. The molecule has 1 amide bonds. The van der Waals surface area contributed by atoms with Crippen molar-refractivity contribution in [2.75, 3.05) is 17.6 Å².